The van der Waals surface area contributed by atoms with E-state index in [9.17, 15) is 17.6 Å². The van der Waals surface area contributed by atoms with Crippen LogP contribution in [-0.4, -0.2) is 56.0 Å². The molecule has 1 aromatic carbocycles. The minimum Gasteiger partial charge on any atom is -0.340 e. The quantitative estimate of drug-likeness (QED) is 0.780. The van der Waals surface area contributed by atoms with E-state index in [0.29, 0.717) is 19.5 Å². The van der Waals surface area contributed by atoms with Crippen LogP contribution in [0.15, 0.2) is 29.2 Å². The van der Waals surface area contributed by atoms with Crippen LogP contribution < -0.4 is 10.0 Å². The number of hydrogen-bond acceptors (Lipinski definition) is 5. The topological polar surface area (TPSA) is 78.5 Å². The van der Waals surface area contributed by atoms with Crippen molar-refractivity contribution >= 4 is 40.1 Å². The summed E-state index contributed by atoms with van der Waals surface area (Å²) in [7, 11) is -3.80. The Bertz CT molecular complexity index is 714. The second-order valence-electron chi connectivity index (χ2n) is 5.97. The van der Waals surface area contributed by atoms with Gasteiger partial charge in [0.25, 0.3) is 0 Å². The van der Waals surface area contributed by atoms with Crippen LogP contribution in [0.3, 0.4) is 0 Å². The third-order valence-electron chi connectivity index (χ3n) is 4.18. The zero-order valence-electron chi connectivity index (χ0n) is 13.5. The van der Waals surface area contributed by atoms with Gasteiger partial charge < -0.3 is 4.90 Å². The number of amides is 1. The standard InChI is InChI=1S/C15H20FN3O3S2.ClH/c16-11-3-1-5-13(7-11)24(21,22)18-12-4-2-6-19(8-12)15(20)14-9-23-10-17-14;/h1,3,5,7,12,14,17-18H,2,4,6,8-10H2;1H. The van der Waals surface area contributed by atoms with Crippen LogP contribution in [0.25, 0.3) is 0 Å². The fourth-order valence-corrected chi connectivity index (χ4v) is 5.20. The summed E-state index contributed by atoms with van der Waals surface area (Å²) in [5.41, 5.74) is 0. The van der Waals surface area contributed by atoms with Crippen molar-refractivity contribution < 1.29 is 17.6 Å². The number of rotatable bonds is 4. The largest absolute Gasteiger partial charge is 0.340 e. The van der Waals surface area contributed by atoms with Gasteiger partial charge in [0.15, 0.2) is 0 Å². The molecule has 2 heterocycles. The molecular weight excluding hydrogens is 389 g/mol. The van der Waals surface area contributed by atoms with Gasteiger partial charge >= 0.3 is 0 Å². The van der Waals surface area contributed by atoms with Crippen molar-refractivity contribution in [3.63, 3.8) is 0 Å². The van der Waals surface area contributed by atoms with Crippen LogP contribution >= 0.6 is 24.2 Å². The number of sulfonamides is 1. The maximum Gasteiger partial charge on any atom is 0.240 e. The first-order chi connectivity index (χ1) is 11.5. The van der Waals surface area contributed by atoms with Crippen molar-refractivity contribution in [2.45, 2.75) is 29.8 Å². The maximum atomic E-state index is 13.3. The van der Waals surface area contributed by atoms with Gasteiger partial charge in [0.2, 0.25) is 15.9 Å². The van der Waals surface area contributed by atoms with Gasteiger partial charge in [0, 0.05) is 30.8 Å². The van der Waals surface area contributed by atoms with Crippen LogP contribution in [0.1, 0.15) is 12.8 Å². The first-order valence-corrected chi connectivity index (χ1v) is 10.5. The molecule has 140 valence electrons. The van der Waals surface area contributed by atoms with E-state index < -0.39 is 15.8 Å². The highest BCUT2D eigenvalue weighted by Gasteiger charge is 2.32. The van der Waals surface area contributed by atoms with Crippen molar-refractivity contribution in [2.75, 3.05) is 24.7 Å². The Morgan fingerprint density at radius 2 is 2.20 bits per heavy atom. The van der Waals surface area contributed by atoms with E-state index in [0.717, 1.165) is 24.1 Å². The zero-order valence-corrected chi connectivity index (χ0v) is 15.9. The highest BCUT2D eigenvalue weighted by atomic mass is 35.5. The van der Waals surface area contributed by atoms with Crippen LogP contribution in [0.5, 0.6) is 0 Å². The van der Waals surface area contributed by atoms with Gasteiger partial charge in [0.05, 0.1) is 10.9 Å². The Morgan fingerprint density at radius 3 is 2.88 bits per heavy atom. The molecule has 0 aromatic heterocycles. The third kappa shape index (κ3) is 5.07. The predicted molar refractivity (Wildman–Crippen MR) is 97.8 cm³/mol. The Balaban J connectivity index is 0.00000225. The fraction of sp³-hybridized carbons (Fsp3) is 0.533. The van der Waals surface area contributed by atoms with Crippen LogP contribution in [0.2, 0.25) is 0 Å². The summed E-state index contributed by atoms with van der Waals surface area (Å²) in [6.07, 6.45) is 1.40. The molecule has 3 rings (SSSR count). The van der Waals surface area contributed by atoms with Crippen molar-refractivity contribution in [3.8, 4) is 0 Å². The molecule has 2 atom stereocenters. The van der Waals surface area contributed by atoms with E-state index in [1.807, 2.05) is 0 Å². The lowest BCUT2D eigenvalue weighted by molar-refractivity contribution is -0.133. The van der Waals surface area contributed by atoms with Gasteiger partial charge in [-0.15, -0.1) is 24.2 Å². The molecule has 2 unspecified atom stereocenters. The normalized spacial score (nSPS) is 24.0. The molecule has 6 nitrogen and oxygen atoms in total. The molecule has 0 bridgehead atoms. The van der Waals surface area contributed by atoms with Gasteiger partial charge in [0.1, 0.15) is 5.82 Å². The number of hydrogen-bond donors (Lipinski definition) is 2. The number of carbonyl (C=O) groups is 1. The average molecular weight is 410 g/mol. The molecule has 1 amide bonds. The Hall–Kier alpha value is -0.870. The predicted octanol–water partition coefficient (Wildman–Crippen LogP) is 1.18. The molecule has 2 aliphatic heterocycles. The maximum absolute atomic E-state index is 13.3. The molecule has 10 heteroatoms. The second-order valence-corrected chi connectivity index (χ2v) is 8.72. The van der Waals surface area contributed by atoms with Gasteiger partial charge in [-0.2, -0.15) is 0 Å². The minimum absolute atomic E-state index is 0. The van der Waals surface area contributed by atoms with Crippen molar-refractivity contribution in [1.82, 2.24) is 14.9 Å². The number of nitrogens with one attached hydrogen (secondary N) is 2. The number of nitrogens with zero attached hydrogens (tertiary/aromatic N) is 1. The van der Waals surface area contributed by atoms with Gasteiger partial charge in [-0.05, 0) is 31.0 Å². The van der Waals surface area contributed by atoms with Crippen LogP contribution in [0.4, 0.5) is 4.39 Å². The smallest absolute Gasteiger partial charge is 0.240 e. The van der Waals surface area contributed by atoms with E-state index in [-0.39, 0.29) is 35.3 Å². The monoisotopic (exact) mass is 409 g/mol. The third-order valence-corrected chi connectivity index (χ3v) is 6.63. The van der Waals surface area contributed by atoms with Gasteiger partial charge in [-0.1, -0.05) is 6.07 Å². The molecule has 0 radical (unpaired) electrons. The van der Waals surface area contributed by atoms with Crippen molar-refractivity contribution in [2.24, 2.45) is 0 Å². The Morgan fingerprint density at radius 1 is 1.40 bits per heavy atom. The minimum atomic E-state index is -3.80. The lowest BCUT2D eigenvalue weighted by Gasteiger charge is -2.34. The summed E-state index contributed by atoms with van der Waals surface area (Å²) >= 11 is 1.68. The average Bonchev–Trinajstić information content (AvgIpc) is 3.08. The Kier molecular flexibility index (Phi) is 7.10. The highest BCUT2D eigenvalue weighted by molar-refractivity contribution is 7.99. The molecule has 2 fully saturated rings. The van der Waals surface area contributed by atoms with E-state index in [1.165, 1.54) is 18.2 Å². The van der Waals surface area contributed by atoms with E-state index >= 15 is 0 Å². The number of thioether (sulfide) groups is 1. The first kappa shape index (κ1) is 20.4. The Labute approximate surface area is 157 Å². The lowest BCUT2D eigenvalue weighted by atomic mass is 10.1. The van der Waals surface area contributed by atoms with Crippen molar-refractivity contribution in [1.29, 1.82) is 0 Å². The van der Waals surface area contributed by atoms with E-state index in [2.05, 4.69) is 10.0 Å². The summed E-state index contributed by atoms with van der Waals surface area (Å²) < 4.78 is 40.6. The zero-order chi connectivity index (χ0) is 17.2. The lowest BCUT2D eigenvalue weighted by Crippen LogP contribution is -2.53. The molecule has 2 N–H and O–H groups in total. The second kappa shape index (κ2) is 8.68. The fourth-order valence-electron chi connectivity index (χ4n) is 2.97. The first-order valence-electron chi connectivity index (χ1n) is 7.83. The number of likely N-dealkylation sites (tertiary alicyclic amines) is 1. The van der Waals surface area contributed by atoms with E-state index in [1.54, 1.807) is 16.7 Å². The molecular formula is C15H21ClFN3O3S2. The summed E-state index contributed by atoms with van der Waals surface area (Å²) in [6, 6.07) is 4.37. The SMILES string of the molecule is Cl.O=C(C1CSCN1)N1CCCC(NS(=O)(=O)c2cccc(F)c2)C1. The molecule has 0 saturated carbocycles. The summed E-state index contributed by atoms with van der Waals surface area (Å²) in [5, 5.41) is 3.14. The molecule has 0 aliphatic carbocycles. The summed E-state index contributed by atoms with van der Waals surface area (Å²) in [4.78, 5) is 14.1. The molecule has 2 saturated heterocycles. The van der Waals surface area contributed by atoms with Crippen LogP contribution in [0, 0.1) is 5.82 Å². The summed E-state index contributed by atoms with van der Waals surface area (Å²) in [5.74, 6) is 0.937. The van der Waals surface area contributed by atoms with Crippen LogP contribution in [-0.2, 0) is 14.8 Å². The number of piperidine rings is 1. The van der Waals surface area contributed by atoms with Gasteiger partial charge in [-0.25, -0.2) is 17.5 Å². The van der Waals surface area contributed by atoms with Gasteiger partial charge in [-0.3, -0.25) is 10.1 Å². The van der Waals surface area contributed by atoms with Crippen molar-refractivity contribution in [3.05, 3.63) is 30.1 Å². The molecule has 1 aromatic rings. The molecule has 0 spiro atoms. The number of halogens is 2. The molecule has 25 heavy (non-hydrogen) atoms. The summed E-state index contributed by atoms with van der Waals surface area (Å²) in [6.45, 7) is 0.982. The molecule has 2 aliphatic rings. The highest BCUT2D eigenvalue weighted by Crippen LogP contribution is 2.18. The number of benzene rings is 1. The number of carbonyl (C=O) groups excluding carboxylic acids is 1. The van der Waals surface area contributed by atoms with E-state index in [4.69, 9.17) is 0 Å².